The van der Waals surface area contributed by atoms with Gasteiger partial charge in [0.05, 0.1) is 0 Å². The number of halogens is 1. The summed E-state index contributed by atoms with van der Waals surface area (Å²) in [6, 6.07) is 10.4. The molecule has 0 aliphatic heterocycles. The van der Waals surface area contributed by atoms with Crippen LogP contribution >= 0.6 is 0 Å². The molecule has 0 unspecified atom stereocenters. The summed E-state index contributed by atoms with van der Waals surface area (Å²) in [4.78, 5) is 0. The largest absolute Gasteiger partial charge is 0.489 e. The molecule has 0 radical (unpaired) electrons. The number of rotatable bonds is 3. The summed E-state index contributed by atoms with van der Waals surface area (Å²) in [5, 5.41) is 8.76. The van der Waals surface area contributed by atoms with E-state index in [-0.39, 0.29) is 12.4 Å². The van der Waals surface area contributed by atoms with E-state index in [4.69, 9.17) is 9.84 Å². The first kappa shape index (κ1) is 15.1. The van der Waals surface area contributed by atoms with Gasteiger partial charge in [-0.2, -0.15) is 0 Å². The van der Waals surface area contributed by atoms with Crippen molar-refractivity contribution in [2.45, 2.75) is 20.5 Å². The molecule has 0 aliphatic rings. The Morgan fingerprint density at radius 2 is 1.81 bits per heavy atom. The van der Waals surface area contributed by atoms with Gasteiger partial charge in [-0.3, -0.25) is 0 Å². The summed E-state index contributed by atoms with van der Waals surface area (Å²) in [5.41, 5.74) is 3.58. The molecule has 2 rings (SSSR count). The Morgan fingerprint density at radius 3 is 2.48 bits per heavy atom. The Morgan fingerprint density at radius 1 is 1.10 bits per heavy atom. The molecule has 0 bridgehead atoms. The fourth-order valence-corrected chi connectivity index (χ4v) is 2.10. The van der Waals surface area contributed by atoms with Crippen LogP contribution in [-0.4, -0.2) is 11.7 Å². The second-order valence-corrected chi connectivity index (χ2v) is 4.87. The quantitative estimate of drug-likeness (QED) is 0.876. The highest BCUT2D eigenvalue weighted by Crippen LogP contribution is 2.19. The van der Waals surface area contributed by atoms with Crippen molar-refractivity contribution in [3.8, 4) is 17.6 Å². The van der Waals surface area contributed by atoms with E-state index in [9.17, 15) is 4.39 Å². The molecule has 2 nitrogen and oxygen atoms in total. The van der Waals surface area contributed by atoms with E-state index in [0.29, 0.717) is 12.2 Å². The van der Waals surface area contributed by atoms with Crippen LogP contribution in [0.4, 0.5) is 4.39 Å². The van der Waals surface area contributed by atoms with Gasteiger partial charge in [-0.15, -0.1) is 0 Å². The van der Waals surface area contributed by atoms with Gasteiger partial charge >= 0.3 is 0 Å². The first-order chi connectivity index (χ1) is 10.1. The molecule has 0 saturated heterocycles. The number of ether oxygens (including phenoxy) is 1. The van der Waals surface area contributed by atoms with Crippen LogP contribution in [0.2, 0.25) is 0 Å². The average molecular weight is 284 g/mol. The van der Waals surface area contributed by atoms with Gasteiger partial charge in [0.15, 0.2) is 0 Å². The third-order valence-electron chi connectivity index (χ3n) is 2.96. The highest BCUT2D eigenvalue weighted by Gasteiger charge is 2.04. The number of hydrogen-bond acceptors (Lipinski definition) is 2. The van der Waals surface area contributed by atoms with E-state index in [1.54, 1.807) is 6.07 Å². The van der Waals surface area contributed by atoms with Crippen molar-refractivity contribution >= 4 is 0 Å². The molecular formula is C18H17FO2. The predicted octanol–water partition coefficient (Wildman–Crippen LogP) is 3.37. The molecule has 0 aromatic heterocycles. The molecule has 0 saturated carbocycles. The standard InChI is InChI=1S/C18H17FO2/c1-13-8-14(2)10-18(9-13)21-12-16-5-6-17(19)11-15(16)4-3-7-20/h5-6,8-11,20H,7,12H2,1-2H3. The Kier molecular flexibility index (Phi) is 4.97. The maximum atomic E-state index is 13.3. The normalized spacial score (nSPS) is 9.90. The fourth-order valence-electron chi connectivity index (χ4n) is 2.10. The second kappa shape index (κ2) is 6.92. The van der Waals surface area contributed by atoms with E-state index < -0.39 is 0 Å². The summed E-state index contributed by atoms with van der Waals surface area (Å²) in [7, 11) is 0. The van der Waals surface area contributed by atoms with Crippen molar-refractivity contribution in [2.75, 3.05) is 6.61 Å². The lowest BCUT2D eigenvalue weighted by Crippen LogP contribution is -1.99. The van der Waals surface area contributed by atoms with Crippen LogP contribution in [0.25, 0.3) is 0 Å². The van der Waals surface area contributed by atoms with E-state index in [2.05, 4.69) is 17.9 Å². The van der Waals surface area contributed by atoms with Crippen LogP contribution < -0.4 is 4.74 Å². The zero-order chi connectivity index (χ0) is 15.2. The Bertz CT molecular complexity index is 676. The van der Waals surface area contributed by atoms with Gasteiger partial charge in [-0.25, -0.2) is 4.39 Å². The van der Waals surface area contributed by atoms with E-state index in [1.165, 1.54) is 12.1 Å². The number of benzene rings is 2. The summed E-state index contributed by atoms with van der Waals surface area (Å²) < 4.78 is 19.0. The van der Waals surface area contributed by atoms with Crippen LogP contribution in [0.1, 0.15) is 22.3 Å². The third-order valence-corrected chi connectivity index (χ3v) is 2.96. The molecule has 3 heteroatoms. The van der Waals surface area contributed by atoms with Crippen molar-refractivity contribution < 1.29 is 14.2 Å². The van der Waals surface area contributed by atoms with Crippen molar-refractivity contribution in [3.05, 3.63) is 64.5 Å². The van der Waals surface area contributed by atoms with Crippen LogP contribution in [0, 0.1) is 31.5 Å². The maximum Gasteiger partial charge on any atom is 0.124 e. The predicted molar refractivity (Wildman–Crippen MR) is 80.6 cm³/mol. The van der Waals surface area contributed by atoms with E-state index in [1.807, 2.05) is 26.0 Å². The van der Waals surface area contributed by atoms with Gasteiger partial charge in [0.25, 0.3) is 0 Å². The van der Waals surface area contributed by atoms with Crippen molar-refractivity contribution in [3.63, 3.8) is 0 Å². The molecule has 21 heavy (non-hydrogen) atoms. The number of aliphatic hydroxyl groups excluding tert-OH is 1. The van der Waals surface area contributed by atoms with Gasteiger partial charge < -0.3 is 9.84 Å². The van der Waals surface area contributed by atoms with Crippen LogP contribution in [0.5, 0.6) is 5.75 Å². The number of aliphatic hydroxyl groups is 1. The molecule has 0 aliphatic carbocycles. The van der Waals surface area contributed by atoms with Crippen LogP contribution in [0.15, 0.2) is 36.4 Å². The molecule has 108 valence electrons. The SMILES string of the molecule is Cc1cc(C)cc(OCc2ccc(F)cc2C#CCO)c1. The molecule has 0 atom stereocenters. The molecular weight excluding hydrogens is 267 g/mol. The minimum atomic E-state index is -0.354. The highest BCUT2D eigenvalue weighted by molar-refractivity contribution is 5.42. The minimum absolute atomic E-state index is 0.256. The minimum Gasteiger partial charge on any atom is -0.489 e. The monoisotopic (exact) mass is 284 g/mol. The zero-order valence-corrected chi connectivity index (χ0v) is 12.1. The summed E-state index contributed by atoms with van der Waals surface area (Å²) in [5.74, 6) is 5.70. The highest BCUT2D eigenvalue weighted by atomic mass is 19.1. The van der Waals surface area contributed by atoms with Crippen molar-refractivity contribution in [1.82, 2.24) is 0 Å². The molecule has 0 fully saturated rings. The molecule has 0 spiro atoms. The first-order valence-electron chi connectivity index (χ1n) is 6.68. The average Bonchev–Trinajstić information content (AvgIpc) is 2.43. The third kappa shape index (κ3) is 4.34. The molecule has 1 N–H and O–H groups in total. The van der Waals surface area contributed by atoms with Crippen LogP contribution in [0.3, 0.4) is 0 Å². The van der Waals surface area contributed by atoms with Gasteiger partial charge in [0.1, 0.15) is 24.8 Å². The molecule has 0 amide bonds. The van der Waals surface area contributed by atoms with Gasteiger partial charge in [0, 0.05) is 11.1 Å². The fraction of sp³-hybridized carbons (Fsp3) is 0.222. The smallest absolute Gasteiger partial charge is 0.124 e. The topological polar surface area (TPSA) is 29.5 Å². The van der Waals surface area contributed by atoms with Gasteiger partial charge in [0.2, 0.25) is 0 Å². The Hall–Kier alpha value is -2.31. The summed E-state index contributed by atoms with van der Waals surface area (Å²) in [6.45, 7) is 4.07. The lowest BCUT2D eigenvalue weighted by molar-refractivity contribution is 0.305. The second-order valence-electron chi connectivity index (χ2n) is 4.87. The van der Waals surface area contributed by atoms with Crippen molar-refractivity contribution in [2.24, 2.45) is 0 Å². The first-order valence-corrected chi connectivity index (χ1v) is 6.68. The lowest BCUT2D eigenvalue weighted by Gasteiger charge is -2.10. The number of hydrogen-bond donors (Lipinski definition) is 1. The summed E-state index contributed by atoms with van der Waals surface area (Å²) >= 11 is 0. The van der Waals surface area contributed by atoms with E-state index >= 15 is 0 Å². The molecule has 2 aromatic carbocycles. The van der Waals surface area contributed by atoms with Gasteiger partial charge in [-0.05, 0) is 49.2 Å². The van der Waals surface area contributed by atoms with Crippen molar-refractivity contribution in [1.29, 1.82) is 0 Å². The van der Waals surface area contributed by atoms with Crippen LogP contribution in [-0.2, 0) is 6.61 Å². The lowest BCUT2D eigenvalue weighted by atomic mass is 10.1. The Balaban J connectivity index is 2.19. The van der Waals surface area contributed by atoms with E-state index in [0.717, 1.165) is 22.4 Å². The summed E-state index contributed by atoms with van der Waals surface area (Å²) in [6.07, 6.45) is 0. The Labute approximate surface area is 124 Å². The number of aryl methyl sites for hydroxylation is 2. The molecule has 0 heterocycles. The zero-order valence-electron chi connectivity index (χ0n) is 12.1. The molecule has 2 aromatic rings. The maximum absolute atomic E-state index is 13.3. The van der Waals surface area contributed by atoms with Gasteiger partial charge in [-0.1, -0.05) is 24.0 Å².